The quantitative estimate of drug-likeness (QED) is 0.805. The Morgan fingerprint density at radius 1 is 1.19 bits per heavy atom. The molecule has 1 rings (SSSR count). The van der Waals surface area contributed by atoms with Gasteiger partial charge in [-0.05, 0) is 18.9 Å². The van der Waals surface area contributed by atoms with Crippen molar-refractivity contribution in [2.45, 2.75) is 33.0 Å². The second-order valence-electron chi connectivity index (χ2n) is 4.15. The minimum atomic E-state index is -0.900. The van der Waals surface area contributed by atoms with Crippen molar-refractivity contribution in [1.82, 2.24) is 0 Å². The largest absolute Gasteiger partial charge is 0.493 e. The molecule has 0 spiro atoms. The summed E-state index contributed by atoms with van der Waals surface area (Å²) in [5.74, 6) is 0.641. The van der Waals surface area contributed by atoms with Gasteiger partial charge in [-0.3, -0.25) is 0 Å². The minimum absolute atomic E-state index is 0.00434. The highest BCUT2D eigenvalue weighted by Crippen LogP contribution is 2.29. The van der Waals surface area contributed by atoms with Gasteiger partial charge in [-0.1, -0.05) is 32.0 Å². The zero-order chi connectivity index (χ0) is 12.1. The molecule has 0 aliphatic carbocycles. The van der Waals surface area contributed by atoms with E-state index in [9.17, 15) is 10.2 Å². The van der Waals surface area contributed by atoms with E-state index in [0.29, 0.717) is 17.9 Å². The van der Waals surface area contributed by atoms with Crippen LogP contribution in [0, 0.1) is 5.92 Å². The Morgan fingerprint density at radius 2 is 1.81 bits per heavy atom. The molecule has 1 aromatic rings. The first-order valence-electron chi connectivity index (χ1n) is 5.65. The first-order valence-corrected chi connectivity index (χ1v) is 5.65. The minimum Gasteiger partial charge on any atom is -0.493 e. The van der Waals surface area contributed by atoms with E-state index in [1.807, 2.05) is 32.9 Å². The summed E-state index contributed by atoms with van der Waals surface area (Å²) in [5.41, 5.74) is 0.644. The summed E-state index contributed by atoms with van der Waals surface area (Å²) in [6, 6.07) is 7.26. The number of hydrogen-bond acceptors (Lipinski definition) is 3. The number of aliphatic hydroxyl groups excluding tert-OH is 2. The molecule has 2 atom stereocenters. The molecule has 0 aromatic heterocycles. The van der Waals surface area contributed by atoms with Crippen molar-refractivity contribution in [1.29, 1.82) is 0 Å². The van der Waals surface area contributed by atoms with Gasteiger partial charge in [-0.25, -0.2) is 0 Å². The predicted octanol–water partition coefficient (Wildman–Crippen LogP) is 2.14. The van der Waals surface area contributed by atoms with Crippen molar-refractivity contribution in [3.63, 3.8) is 0 Å². The highest BCUT2D eigenvalue weighted by molar-refractivity contribution is 5.35. The lowest BCUT2D eigenvalue weighted by atomic mass is 9.95. The Labute approximate surface area is 96.7 Å². The Kier molecular flexibility index (Phi) is 4.77. The van der Waals surface area contributed by atoms with Gasteiger partial charge in [-0.2, -0.15) is 0 Å². The van der Waals surface area contributed by atoms with E-state index in [-0.39, 0.29) is 5.92 Å². The average molecular weight is 224 g/mol. The van der Waals surface area contributed by atoms with Gasteiger partial charge in [0.25, 0.3) is 0 Å². The topological polar surface area (TPSA) is 49.7 Å². The number of rotatable bonds is 5. The van der Waals surface area contributed by atoms with E-state index >= 15 is 0 Å². The van der Waals surface area contributed by atoms with Crippen LogP contribution in [0.1, 0.15) is 32.4 Å². The van der Waals surface area contributed by atoms with E-state index in [1.54, 1.807) is 12.1 Å². The van der Waals surface area contributed by atoms with E-state index in [0.717, 1.165) is 0 Å². The van der Waals surface area contributed by atoms with Crippen LogP contribution in [0.2, 0.25) is 0 Å². The maximum atomic E-state index is 10.0. The van der Waals surface area contributed by atoms with Crippen molar-refractivity contribution in [2.75, 3.05) is 6.61 Å². The van der Waals surface area contributed by atoms with Crippen LogP contribution in [-0.4, -0.2) is 22.9 Å². The third-order valence-corrected chi connectivity index (χ3v) is 2.54. The van der Waals surface area contributed by atoms with Crippen LogP contribution in [0.4, 0.5) is 0 Å². The van der Waals surface area contributed by atoms with Gasteiger partial charge in [0, 0.05) is 5.56 Å². The van der Waals surface area contributed by atoms with E-state index in [1.165, 1.54) is 0 Å². The maximum Gasteiger partial charge on any atom is 0.125 e. The van der Waals surface area contributed by atoms with E-state index in [2.05, 4.69) is 0 Å². The van der Waals surface area contributed by atoms with Crippen LogP contribution in [0.3, 0.4) is 0 Å². The lowest BCUT2D eigenvalue weighted by Crippen LogP contribution is -2.24. The van der Waals surface area contributed by atoms with Crippen LogP contribution >= 0.6 is 0 Å². The summed E-state index contributed by atoms with van der Waals surface area (Å²) in [7, 11) is 0. The Hall–Kier alpha value is -1.06. The molecule has 1 aromatic carbocycles. The lowest BCUT2D eigenvalue weighted by Gasteiger charge is -2.23. The second-order valence-corrected chi connectivity index (χ2v) is 4.15. The zero-order valence-electron chi connectivity index (χ0n) is 10.1. The fourth-order valence-electron chi connectivity index (χ4n) is 1.56. The van der Waals surface area contributed by atoms with E-state index in [4.69, 9.17) is 4.74 Å². The maximum absolute atomic E-state index is 10.0. The molecule has 0 radical (unpaired) electrons. The molecule has 0 aliphatic rings. The molecule has 90 valence electrons. The molecule has 3 heteroatoms. The fourth-order valence-corrected chi connectivity index (χ4v) is 1.56. The van der Waals surface area contributed by atoms with Crippen LogP contribution in [0.25, 0.3) is 0 Å². The Bertz CT molecular complexity index is 323. The molecule has 2 unspecified atom stereocenters. The van der Waals surface area contributed by atoms with Crippen LogP contribution in [0.15, 0.2) is 24.3 Å². The summed E-state index contributed by atoms with van der Waals surface area (Å²) in [5, 5.41) is 19.9. The van der Waals surface area contributed by atoms with Gasteiger partial charge < -0.3 is 14.9 Å². The van der Waals surface area contributed by atoms with E-state index < -0.39 is 12.2 Å². The van der Waals surface area contributed by atoms with Crippen LogP contribution in [-0.2, 0) is 0 Å². The molecular weight excluding hydrogens is 204 g/mol. The van der Waals surface area contributed by atoms with Crippen molar-refractivity contribution < 1.29 is 14.9 Å². The molecule has 0 saturated heterocycles. The first-order chi connectivity index (χ1) is 7.57. The predicted molar refractivity (Wildman–Crippen MR) is 63.4 cm³/mol. The third kappa shape index (κ3) is 2.97. The molecule has 0 bridgehead atoms. The van der Waals surface area contributed by atoms with Gasteiger partial charge in [0.15, 0.2) is 0 Å². The molecule has 0 amide bonds. The monoisotopic (exact) mass is 224 g/mol. The standard InChI is InChI=1S/C13H20O3/c1-4-16-11-8-6-5-7-10(11)13(15)12(14)9(2)3/h5-9,12-15H,4H2,1-3H3. The number of aliphatic hydroxyl groups is 2. The normalized spacial score (nSPS) is 14.9. The van der Waals surface area contributed by atoms with Crippen molar-refractivity contribution in [3.8, 4) is 5.75 Å². The molecule has 0 aliphatic heterocycles. The van der Waals surface area contributed by atoms with Crippen molar-refractivity contribution in [2.24, 2.45) is 5.92 Å². The van der Waals surface area contributed by atoms with Crippen LogP contribution in [0.5, 0.6) is 5.75 Å². The number of benzene rings is 1. The SMILES string of the molecule is CCOc1ccccc1C(O)C(O)C(C)C. The molecule has 0 saturated carbocycles. The average Bonchev–Trinajstić information content (AvgIpc) is 2.28. The summed E-state index contributed by atoms with van der Waals surface area (Å²) in [4.78, 5) is 0. The number of para-hydroxylation sites is 1. The first kappa shape index (κ1) is 13.0. The van der Waals surface area contributed by atoms with Gasteiger partial charge >= 0.3 is 0 Å². The summed E-state index contributed by atoms with van der Waals surface area (Å²) in [6.07, 6.45) is -1.68. The van der Waals surface area contributed by atoms with Crippen LogP contribution < -0.4 is 4.74 Å². The summed E-state index contributed by atoms with van der Waals surface area (Å²) >= 11 is 0. The van der Waals surface area contributed by atoms with Gasteiger partial charge in [0.1, 0.15) is 11.9 Å². The van der Waals surface area contributed by atoms with Crippen molar-refractivity contribution in [3.05, 3.63) is 29.8 Å². The van der Waals surface area contributed by atoms with Gasteiger partial charge in [0.2, 0.25) is 0 Å². The van der Waals surface area contributed by atoms with Gasteiger partial charge in [-0.15, -0.1) is 0 Å². The molecule has 16 heavy (non-hydrogen) atoms. The fraction of sp³-hybridized carbons (Fsp3) is 0.538. The molecule has 0 heterocycles. The summed E-state index contributed by atoms with van der Waals surface area (Å²) < 4.78 is 5.42. The summed E-state index contributed by atoms with van der Waals surface area (Å²) in [6.45, 7) is 6.18. The van der Waals surface area contributed by atoms with Gasteiger partial charge in [0.05, 0.1) is 12.7 Å². The lowest BCUT2D eigenvalue weighted by molar-refractivity contribution is -0.0107. The Balaban J connectivity index is 2.93. The smallest absolute Gasteiger partial charge is 0.125 e. The number of hydrogen-bond donors (Lipinski definition) is 2. The van der Waals surface area contributed by atoms with Crippen molar-refractivity contribution >= 4 is 0 Å². The highest BCUT2D eigenvalue weighted by Gasteiger charge is 2.23. The third-order valence-electron chi connectivity index (χ3n) is 2.54. The molecule has 0 fully saturated rings. The highest BCUT2D eigenvalue weighted by atomic mass is 16.5. The number of ether oxygens (including phenoxy) is 1. The molecular formula is C13H20O3. The molecule has 2 N–H and O–H groups in total. The Morgan fingerprint density at radius 3 is 2.38 bits per heavy atom. The zero-order valence-corrected chi connectivity index (χ0v) is 10.1. The molecule has 3 nitrogen and oxygen atoms in total. The second kappa shape index (κ2) is 5.87.